The summed E-state index contributed by atoms with van der Waals surface area (Å²) in [7, 11) is 1.61. The van der Waals surface area contributed by atoms with E-state index < -0.39 is 23.9 Å². The molecular formula is C26H22FN5O2. The fourth-order valence-electron chi connectivity index (χ4n) is 4.11. The number of fused-ring (bicyclic) bond motifs is 2. The average molecular weight is 455 g/mol. The van der Waals surface area contributed by atoms with Crippen LogP contribution < -0.4 is 15.5 Å². The minimum atomic E-state index is -1.25. The Bertz CT molecular complexity index is 1460. The van der Waals surface area contributed by atoms with Gasteiger partial charge in [-0.2, -0.15) is 0 Å². The zero-order valence-corrected chi connectivity index (χ0v) is 18.6. The van der Waals surface area contributed by atoms with Gasteiger partial charge in [-0.1, -0.05) is 42.5 Å². The molecule has 3 amide bonds. The number of nitrogens with one attached hydrogen (secondary N) is 3. The Kier molecular flexibility index (Phi) is 5.33. The molecule has 1 aromatic heterocycles. The van der Waals surface area contributed by atoms with Gasteiger partial charge in [0.05, 0.1) is 17.1 Å². The molecule has 0 radical (unpaired) electrons. The molecule has 3 aromatic carbocycles. The number of carbonyl (C=O) groups is 2. The van der Waals surface area contributed by atoms with Gasteiger partial charge < -0.3 is 20.5 Å². The molecular weight excluding hydrogens is 433 g/mol. The zero-order chi connectivity index (χ0) is 23.8. The largest absolute Gasteiger partial charge is 0.359 e. The van der Waals surface area contributed by atoms with Gasteiger partial charge in [0.2, 0.25) is 6.17 Å². The highest BCUT2D eigenvalue weighted by atomic mass is 19.1. The molecule has 1 atom stereocenters. The monoisotopic (exact) mass is 455 g/mol. The van der Waals surface area contributed by atoms with Crippen LogP contribution in [0.5, 0.6) is 0 Å². The number of likely N-dealkylation sites (N-methyl/N-ethyl adjacent to an activating group) is 1. The first kappa shape index (κ1) is 21.4. The van der Waals surface area contributed by atoms with E-state index in [2.05, 4.69) is 20.6 Å². The summed E-state index contributed by atoms with van der Waals surface area (Å²) in [5, 5.41) is 6.26. The number of anilines is 2. The number of aromatic nitrogens is 1. The predicted octanol–water partition coefficient (Wildman–Crippen LogP) is 4.58. The van der Waals surface area contributed by atoms with Crippen LogP contribution in [0.25, 0.3) is 10.9 Å². The molecule has 0 aliphatic carbocycles. The molecule has 170 valence electrons. The Balaban J connectivity index is 1.50. The number of aryl methyl sites for hydroxylation is 1. The van der Waals surface area contributed by atoms with Crippen LogP contribution in [0.4, 0.5) is 20.6 Å². The van der Waals surface area contributed by atoms with Crippen molar-refractivity contribution < 1.29 is 14.0 Å². The molecule has 0 saturated heterocycles. The molecule has 1 aliphatic rings. The van der Waals surface area contributed by atoms with Gasteiger partial charge in [0.1, 0.15) is 5.82 Å². The number of aromatic amines is 1. The van der Waals surface area contributed by atoms with Crippen molar-refractivity contribution in [1.82, 2.24) is 10.3 Å². The van der Waals surface area contributed by atoms with Gasteiger partial charge in [0, 0.05) is 35.3 Å². The fourth-order valence-corrected chi connectivity index (χ4v) is 4.11. The van der Waals surface area contributed by atoms with Gasteiger partial charge in [-0.05, 0) is 36.8 Å². The molecule has 2 heterocycles. The SMILES string of the molecule is Cc1ccc2c(NC(=O)NC3N=C(c4ccccc4F)c4ccccc4N(C)C3=O)c[nH]c2c1. The van der Waals surface area contributed by atoms with Crippen LogP contribution >= 0.6 is 0 Å². The molecule has 0 spiro atoms. The standard InChI is InChI=1S/C26H22FN5O2/c1-15-11-12-17-20(13-15)28-14-21(17)29-26(34)31-24-25(33)32(2)22-10-6-4-8-18(22)23(30-24)16-7-3-5-9-19(16)27/h3-14,24,28H,1-2H3,(H2,29,31,34). The van der Waals surface area contributed by atoms with E-state index in [4.69, 9.17) is 0 Å². The van der Waals surface area contributed by atoms with Crippen LogP contribution in [0.1, 0.15) is 16.7 Å². The van der Waals surface area contributed by atoms with Crippen molar-refractivity contribution in [1.29, 1.82) is 0 Å². The van der Waals surface area contributed by atoms with Crippen molar-refractivity contribution >= 4 is 39.9 Å². The van der Waals surface area contributed by atoms with Crippen LogP contribution in [0.15, 0.2) is 77.9 Å². The summed E-state index contributed by atoms with van der Waals surface area (Å²) in [6.45, 7) is 1.98. The van der Waals surface area contributed by atoms with E-state index >= 15 is 0 Å². The number of nitrogens with zero attached hydrogens (tertiary/aromatic N) is 2. The van der Waals surface area contributed by atoms with E-state index in [0.717, 1.165) is 16.5 Å². The Hall–Kier alpha value is -4.46. The Morgan fingerprint density at radius 2 is 1.79 bits per heavy atom. The maximum atomic E-state index is 14.7. The maximum absolute atomic E-state index is 14.7. The summed E-state index contributed by atoms with van der Waals surface area (Å²) in [6.07, 6.45) is 0.439. The minimum absolute atomic E-state index is 0.247. The Morgan fingerprint density at radius 3 is 2.59 bits per heavy atom. The number of hydrogen-bond donors (Lipinski definition) is 3. The second-order valence-corrected chi connectivity index (χ2v) is 8.12. The lowest BCUT2D eigenvalue weighted by molar-refractivity contribution is -0.119. The van der Waals surface area contributed by atoms with Crippen LogP contribution in [0.2, 0.25) is 0 Å². The van der Waals surface area contributed by atoms with Gasteiger partial charge in [-0.15, -0.1) is 0 Å². The highest BCUT2D eigenvalue weighted by Gasteiger charge is 2.31. The summed E-state index contributed by atoms with van der Waals surface area (Å²) in [5.41, 5.74) is 4.26. The van der Waals surface area contributed by atoms with Crippen LogP contribution in [0.3, 0.4) is 0 Å². The normalized spacial score (nSPS) is 15.5. The Labute approximate surface area is 195 Å². The number of hydrogen-bond acceptors (Lipinski definition) is 3. The third-order valence-electron chi connectivity index (χ3n) is 5.83. The summed E-state index contributed by atoms with van der Waals surface area (Å²) >= 11 is 0. The van der Waals surface area contributed by atoms with E-state index in [0.29, 0.717) is 22.6 Å². The lowest BCUT2D eigenvalue weighted by Crippen LogP contribution is -2.47. The van der Waals surface area contributed by atoms with Crippen molar-refractivity contribution in [3.05, 3.63) is 95.4 Å². The highest BCUT2D eigenvalue weighted by molar-refractivity contribution is 6.20. The lowest BCUT2D eigenvalue weighted by atomic mass is 10.00. The molecule has 0 bridgehead atoms. The van der Waals surface area contributed by atoms with E-state index in [-0.39, 0.29) is 5.56 Å². The molecule has 4 aromatic rings. The summed E-state index contributed by atoms with van der Waals surface area (Å²) in [4.78, 5) is 35.2. The van der Waals surface area contributed by atoms with E-state index in [1.165, 1.54) is 11.0 Å². The number of para-hydroxylation sites is 1. The van der Waals surface area contributed by atoms with Crippen molar-refractivity contribution in [3.8, 4) is 0 Å². The summed E-state index contributed by atoms with van der Waals surface area (Å²) in [6, 6.07) is 18.6. The highest BCUT2D eigenvalue weighted by Crippen LogP contribution is 2.28. The summed E-state index contributed by atoms with van der Waals surface area (Å²) < 4.78 is 14.7. The average Bonchev–Trinajstić information content (AvgIpc) is 3.18. The van der Waals surface area contributed by atoms with E-state index in [9.17, 15) is 14.0 Å². The second-order valence-electron chi connectivity index (χ2n) is 8.12. The van der Waals surface area contributed by atoms with Crippen molar-refractivity contribution in [3.63, 3.8) is 0 Å². The molecule has 0 saturated carbocycles. The quantitative estimate of drug-likeness (QED) is 0.422. The molecule has 5 rings (SSSR count). The molecule has 34 heavy (non-hydrogen) atoms. The topological polar surface area (TPSA) is 89.6 Å². The van der Waals surface area contributed by atoms with E-state index in [1.54, 1.807) is 55.7 Å². The van der Waals surface area contributed by atoms with E-state index in [1.807, 2.05) is 25.1 Å². The summed E-state index contributed by atoms with van der Waals surface area (Å²) in [5.74, 6) is -0.908. The number of H-pyrrole nitrogens is 1. The molecule has 3 N–H and O–H groups in total. The number of rotatable bonds is 3. The van der Waals surface area contributed by atoms with Crippen molar-refractivity contribution in [2.24, 2.45) is 4.99 Å². The predicted molar refractivity (Wildman–Crippen MR) is 131 cm³/mol. The first-order valence-corrected chi connectivity index (χ1v) is 10.8. The van der Waals surface area contributed by atoms with Crippen molar-refractivity contribution in [2.75, 3.05) is 17.3 Å². The number of amides is 3. The molecule has 1 unspecified atom stereocenters. The number of aliphatic imine (C=N–C) groups is 1. The van der Waals surface area contributed by atoms with Gasteiger partial charge >= 0.3 is 6.03 Å². The number of benzodiazepines with no additional fused rings is 1. The second kappa shape index (κ2) is 8.47. The van der Waals surface area contributed by atoms with Crippen LogP contribution in [0, 0.1) is 12.7 Å². The molecule has 1 aliphatic heterocycles. The number of carbonyl (C=O) groups excluding carboxylic acids is 2. The molecule has 8 heteroatoms. The number of benzene rings is 3. The first-order chi connectivity index (χ1) is 16.4. The first-order valence-electron chi connectivity index (χ1n) is 10.8. The van der Waals surface area contributed by atoms with Gasteiger partial charge in [0.15, 0.2) is 0 Å². The van der Waals surface area contributed by atoms with Gasteiger partial charge in [0.25, 0.3) is 5.91 Å². The molecule has 7 nitrogen and oxygen atoms in total. The third-order valence-corrected chi connectivity index (χ3v) is 5.83. The van der Waals surface area contributed by atoms with Crippen molar-refractivity contribution in [2.45, 2.75) is 13.1 Å². The molecule has 0 fully saturated rings. The number of halogens is 1. The number of urea groups is 1. The van der Waals surface area contributed by atoms with Gasteiger partial charge in [-0.3, -0.25) is 4.79 Å². The lowest BCUT2D eigenvalue weighted by Gasteiger charge is -2.21. The minimum Gasteiger partial charge on any atom is -0.359 e. The zero-order valence-electron chi connectivity index (χ0n) is 18.6. The smallest absolute Gasteiger partial charge is 0.321 e. The fraction of sp³-hybridized carbons (Fsp3) is 0.115. The van der Waals surface area contributed by atoms with Crippen LogP contribution in [-0.4, -0.2) is 35.8 Å². The third kappa shape index (κ3) is 3.79. The maximum Gasteiger partial charge on any atom is 0.321 e. The Morgan fingerprint density at radius 1 is 1.06 bits per heavy atom. The van der Waals surface area contributed by atoms with Gasteiger partial charge in [-0.25, -0.2) is 14.2 Å². The van der Waals surface area contributed by atoms with Crippen LogP contribution in [-0.2, 0) is 4.79 Å².